The summed E-state index contributed by atoms with van der Waals surface area (Å²) in [7, 11) is -2.25. The SMILES string of the molecule is CC[S@@](=N)(=O)c1cc(C(F)(F)F)cnc1-c1nc2cc(C(F)(F)F)ncc2n1C. The van der Waals surface area contributed by atoms with Crippen LogP contribution < -0.4 is 0 Å². The number of hydrogen-bond donors (Lipinski definition) is 1. The Kier molecular flexibility index (Phi) is 4.84. The fourth-order valence-corrected chi connectivity index (χ4v) is 3.71. The molecule has 0 radical (unpaired) electrons. The average Bonchev–Trinajstić information content (AvgIpc) is 2.96. The fraction of sp³-hybridized carbons (Fsp3) is 0.312. The summed E-state index contributed by atoms with van der Waals surface area (Å²) < 4.78 is 99.7. The number of aryl methyl sites for hydroxylation is 1. The molecular formula is C16H13F6N5OS. The first kappa shape index (κ1) is 21.0. The second-order valence-corrected chi connectivity index (χ2v) is 8.45. The molecule has 0 aliphatic carbocycles. The van der Waals surface area contributed by atoms with Crippen LogP contribution in [0, 0.1) is 4.78 Å². The lowest BCUT2D eigenvalue weighted by molar-refractivity contribution is -0.141. The zero-order chi connectivity index (χ0) is 21.8. The molecule has 0 unspecified atom stereocenters. The van der Waals surface area contributed by atoms with Crippen molar-refractivity contribution in [1.29, 1.82) is 4.78 Å². The number of nitrogens with one attached hydrogen (secondary N) is 1. The summed E-state index contributed by atoms with van der Waals surface area (Å²) in [6, 6.07) is 1.26. The average molecular weight is 437 g/mol. The molecule has 3 aromatic heterocycles. The van der Waals surface area contributed by atoms with E-state index in [2.05, 4.69) is 15.0 Å². The van der Waals surface area contributed by atoms with Crippen LogP contribution in [0.25, 0.3) is 22.6 Å². The summed E-state index contributed by atoms with van der Waals surface area (Å²) in [6.07, 6.45) is -8.05. The van der Waals surface area contributed by atoms with E-state index >= 15 is 0 Å². The molecule has 1 N–H and O–H groups in total. The number of aromatic nitrogens is 4. The number of alkyl halides is 6. The summed E-state index contributed by atoms with van der Waals surface area (Å²) in [4.78, 5) is 10.6. The minimum atomic E-state index is -4.78. The Morgan fingerprint density at radius 1 is 1.07 bits per heavy atom. The maximum atomic E-state index is 13.1. The second-order valence-electron chi connectivity index (χ2n) is 6.08. The highest BCUT2D eigenvalue weighted by Crippen LogP contribution is 2.35. The first-order valence-corrected chi connectivity index (χ1v) is 9.72. The zero-order valence-electron chi connectivity index (χ0n) is 14.9. The Balaban J connectivity index is 2.30. The molecule has 0 saturated heterocycles. The van der Waals surface area contributed by atoms with E-state index < -0.39 is 38.2 Å². The first-order chi connectivity index (χ1) is 13.3. The fourth-order valence-electron chi connectivity index (χ4n) is 2.63. The smallest absolute Gasteiger partial charge is 0.325 e. The standard InChI is InChI=1S/C16H13F6N5OS/c1-3-29(23,28)11-4-8(15(17,18)19)6-25-13(11)14-26-9-5-12(16(20,21)22)24-7-10(9)27(14)2/h4-7,23H,3H2,1-2H3/t29-/m1/s1. The van der Waals surface area contributed by atoms with Crippen LogP contribution in [-0.4, -0.2) is 29.5 Å². The van der Waals surface area contributed by atoms with Crippen LogP contribution in [0.15, 0.2) is 29.4 Å². The normalized spacial score (nSPS) is 14.9. The third-order valence-corrected chi connectivity index (χ3v) is 6.05. The summed E-state index contributed by atoms with van der Waals surface area (Å²) in [5.74, 6) is -0.412. The van der Waals surface area contributed by atoms with Crippen molar-refractivity contribution in [2.24, 2.45) is 7.05 Å². The van der Waals surface area contributed by atoms with Crippen molar-refractivity contribution >= 4 is 20.8 Å². The van der Waals surface area contributed by atoms with Crippen LogP contribution in [0.5, 0.6) is 0 Å². The van der Waals surface area contributed by atoms with Gasteiger partial charge in [0.15, 0.2) is 5.82 Å². The maximum Gasteiger partial charge on any atom is 0.433 e. The van der Waals surface area contributed by atoms with Gasteiger partial charge in [0.05, 0.1) is 37.4 Å². The molecule has 3 heterocycles. The van der Waals surface area contributed by atoms with Gasteiger partial charge >= 0.3 is 12.4 Å². The quantitative estimate of drug-likeness (QED) is 0.612. The Bertz CT molecular complexity index is 1200. The van der Waals surface area contributed by atoms with Crippen LogP contribution >= 0.6 is 0 Å². The molecular weight excluding hydrogens is 424 g/mol. The van der Waals surface area contributed by atoms with E-state index in [0.717, 1.165) is 6.20 Å². The van der Waals surface area contributed by atoms with Gasteiger partial charge in [-0.25, -0.2) is 19.0 Å². The zero-order valence-corrected chi connectivity index (χ0v) is 15.7. The minimum absolute atomic E-state index is 0.120. The molecule has 3 rings (SSSR count). The molecule has 0 saturated carbocycles. The molecule has 0 aliphatic heterocycles. The topological polar surface area (TPSA) is 84.5 Å². The second kappa shape index (κ2) is 6.68. The summed E-state index contributed by atoms with van der Waals surface area (Å²) in [5.41, 5.74) is -2.61. The number of rotatable bonds is 3. The predicted octanol–water partition coefficient (Wildman–Crippen LogP) is 4.49. The van der Waals surface area contributed by atoms with Gasteiger partial charge in [-0.05, 0) is 12.1 Å². The monoisotopic (exact) mass is 437 g/mol. The van der Waals surface area contributed by atoms with Crippen LogP contribution in [0.2, 0.25) is 0 Å². The van der Waals surface area contributed by atoms with Gasteiger partial charge in [0.25, 0.3) is 0 Å². The molecule has 29 heavy (non-hydrogen) atoms. The van der Waals surface area contributed by atoms with Crippen molar-refractivity contribution in [3.05, 3.63) is 35.8 Å². The van der Waals surface area contributed by atoms with Crippen molar-refractivity contribution in [2.75, 3.05) is 5.75 Å². The third-order valence-electron chi connectivity index (χ3n) is 4.21. The van der Waals surface area contributed by atoms with Crippen molar-refractivity contribution < 1.29 is 30.6 Å². The van der Waals surface area contributed by atoms with Gasteiger partial charge in [-0.15, -0.1) is 0 Å². The molecule has 6 nitrogen and oxygen atoms in total. The molecule has 1 atom stereocenters. The minimum Gasteiger partial charge on any atom is -0.325 e. The Morgan fingerprint density at radius 3 is 2.28 bits per heavy atom. The first-order valence-electron chi connectivity index (χ1n) is 7.99. The van der Waals surface area contributed by atoms with Crippen molar-refractivity contribution in [2.45, 2.75) is 24.2 Å². The summed E-state index contributed by atoms with van der Waals surface area (Å²) in [6.45, 7) is 1.37. The number of hydrogen-bond acceptors (Lipinski definition) is 5. The highest BCUT2D eigenvalue weighted by Gasteiger charge is 2.35. The molecule has 0 aliphatic rings. The van der Waals surface area contributed by atoms with E-state index in [1.54, 1.807) is 0 Å². The maximum absolute atomic E-state index is 13.1. The van der Waals surface area contributed by atoms with E-state index in [0.29, 0.717) is 18.3 Å². The van der Waals surface area contributed by atoms with E-state index in [-0.39, 0.29) is 28.3 Å². The Hall–Kier alpha value is -2.70. The summed E-state index contributed by atoms with van der Waals surface area (Å²) >= 11 is 0. The van der Waals surface area contributed by atoms with Gasteiger partial charge < -0.3 is 4.57 Å². The van der Waals surface area contributed by atoms with Crippen molar-refractivity contribution in [3.8, 4) is 11.5 Å². The van der Waals surface area contributed by atoms with E-state index in [1.165, 1.54) is 18.5 Å². The van der Waals surface area contributed by atoms with E-state index in [9.17, 15) is 30.6 Å². The Labute approximate surface area is 160 Å². The van der Waals surface area contributed by atoms with Gasteiger partial charge in [-0.2, -0.15) is 26.3 Å². The molecule has 0 amide bonds. The van der Waals surface area contributed by atoms with E-state index in [4.69, 9.17) is 4.78 Å². The third kappa shape index (κ3) is 3.78. The lowest BCUT2D eigenvalue weighted by Crippen LogP contribution is -2.12. The lowest BCUT2D eigenvalue weighted by Gasteiger charge is -2.14. The highest BCUT2D eigenvalue weighted by atomic mass is 32.2. The predicted molar refractivity (Wildman–Crippen MR) is 91.4 cm³/mol. The van der Waals surface area contributed by atoms with Crippen LogP contribution in [0.1, 0.15) is 18.2 Å². The van der Waals surface area contributed by atoms with Crippen LogP contribution in [0.3, 0.4) is 0 Å². The van der Waals surface area contributed by atoms with E-state index in [1.807, 2.05) is 0 Å². The van der Waals surface area contributed by atoms with Gasteiger partial charge in [0, 0.05) is 19.0 Å². The molecule has 13 heteroatoms. The number of halogens is 6. The summed E-state index contributed by atoms with van der Waals surface area (Å²) in [5, 5.41) is 0. The Morgan fingerprint density at radius 2 is 1.72 bits per heavy atom. The van der Waals surface area contributed by atoms with Crippen LogP contribution in [-0.2, 0) is 29.1 Å². The number of imidazole rings is 1. The van der Waals surface area contributed by atoms with Gasteiger partial charge in [0.1, 0.15) is 11.4 Å². The highest BCUT2D eigenvalue weighted by molar-refractivity contribution is 7.92. The molecule has 0 bridgehead atoms. The molecule has 0 spiro atoms. The number of fused-ring (bicyclic) bond motifs is 1. The van der Waals surface area contributed by atoms with Crippen molar-refractivity contribution in [1.82, 2.24) is 19.5 Å². The van der Waals surface area contributed by atoms with Gasteiger partial charge in [-0.1, -0.05) is 6.92 Å². The van der Waals surface area contributed by atoms with Crippen LogP contribution in [0.4, 0.5) is 26.3 Å². The lowest BCUT2D eigenvalue weighted by atomic mass is 10.2. The molecule has 0 fully saturated rings. The molecule has 156 valence electrons. The number of pyridine rings is 2. The van der Waals surface area contributed by atoms with Gasteiger partial charge in [0.2, 0.25) is 0 Å². The van der Waals surface area contributed by atoms with Crippen molar-refractivity contribution in [3.63, 3.8) is 0 Å². The molecule has 0 aromatic carbocycles. The van der Waals surface area contributed by atoms with Gasteiger partial charge in [-0.3, -0.25) is 4.98 Å². The number of nitrogens with zero attached hydrogens (tertiary/aromatic N) is 4. The molecule has 3 aromatic rings. The largest absolute Gasteiger partial charge is 0.433 e.